The van der Waals surface area contributed by atoms with Gasteiger partial charge in [-0.3, -0.25) is 0 Å². The molecule has 1 atom stereocenters. The minimum atomic E-state index is -0.159. The van der Waals surface area contributed by atoms with Crippen molar-refractivity contribution in [1.82, 2.24) is 9.47 Å². The molecule has 2 aromatic rings. The van der Waals surface area contributed by atoms with E-state index in [1.54, 1.807) is 12.3 Å². The lowest BCUT2D eigenvalue weighted by molar-refractivity contribution is 0.377. The highest BCUT2D eigenvalue weighted by molar-refractivity contribution is 5.93. The highest BCUT2D eigenvalue weighted by atomic mass is 15.2. The molecule has 1 heterocycles. The van der Waals surface area contributed by atoms with Crippen molar-refractivity contribution in [2.24, 2.45) is 15.6 Å². The number of allylic oxidation sites excluding steroid dienone is 12. The van der Waals surface area contributed by atoms with E-state index in [4.69, 9.17) is 10.2 Å². The molecular formula is C50H77N5. The van der Waals surface area contributed by atoms with Gasteiger partial charge in [-0.25, -0.2) is 0 Å². The van der Waals surface area contributed by atoms with E-state index in [0.29, 0.717) is 29.8 Å². The Hall–Kier alpha value is -4.69. The second kappa shape index (κ2) is 28.7. The molecule has 55 heavy (non-hydrogen) atoms. The summed E-state index contributed by atoms with van der Waals surface area (Å²) in [5, 5.41) is 23.4. The minimum absolute atomic E-state index is 0.0870. The van der Waals surface area contributed by atoms with Gasteiger partial charge in [-0.15, -0.1) is 10.2 Å². The van der Waals surface area contributed by atoms with E-state index in [9.17, 15) is 5.26 Å². The van der Waals surface area contributed by atoms with E-state index in [2.05, 4.69) is 136 Å². The van der Waals surface area contributed by atoms with Crippen LogP contribution >= 0.6 is 0 Å². The largest absolute Gasteiger partial charge is 0.353 e. The number of rotatable bonds is 15. The summed E-state index contributed by atoms with van der Waals surface area (Å²) >= 11 is 0. The van der Waals surface area contributed by atoms with Gasteiger partial charge in [-0.05, 0) is 81.4 Å². The van der Waals surface area contributed by atoms with Crippen LogP contribution in [0.15, 0.2) is 124 Å². The standard InChI is InChI=1S/C41H53N5.C4H10.C3H8.C2H6/c1-14-20-23-33(17-4)40(32(16-3)22-15-2)46-30(8)35-24-21-25-36(38(35)31(46)9)43-44-39(37(18-5)45(13)19-6)34(29(7)28-42)26-27-41(10,11)12;1-3-4-2;1-3-2;1-2/h14-17,19-25,40H,1,6,8-9,18,26-27H2,2-5,7,10-13H3;3-4H2,1-2H3;3H2,1-2H3;1-2H3/b22-15-,23-20-,32-16+,33-17+,34-29+,39-37+,44-43?;;;. The molecule has 0 aliphatic rings. The second-order valence-electron chi connectivity index (χ2n) is 14.2. The third-order valence-corrected chi connectivity index (χ3v) is 8.66. The Kier molecular flexibility index (Phi) is 27.4. The summed E-state index contributed by atoms with van der Waals surface area (Å²) in [5.41, 5.74) is 6.19. The number of aromatic nitrogens is 1. The van der Waals surface area contributed by atoms with Crippen molar-refractivity contribution >= 4 is 29.6 Å². The molecule has 1 unspecified atom stereocenters. The van der Waals surface area contributed by atoms with Crippen molar-refractivity contribution in [3.05, 3.63) is 124 Å². The maximum atomic E-state index is 10.0. The monoisotopic (exact) mass is 748 g/mol. The van der Waals surface area contributed by atoms with Crippen LogP contribution < -0.4 is 10.7 Å². The normalized spacial score (nSPS) is 13.5. The molecule has 1 aromatic carbocycles. The molecule has 0 saturated carbocycles. The van der Waals surface area contributed by atoms with Crippen LogP contribution in [0.4, 0.5) is 5.69 Å². The van der Waals surface area contributed by atoms with Gasteiger partial charge in [0.25, 0.3) is 0 Å². The first-order chi connectivity index (χ1) is 26.2. The van der Waals surface area contributed by atoms with Crippen molar-refractivity contribution in [3.8, 4) is 6.07 Å². The van der Waals surface area contributed by atoms with Crippen LogP contribution in [-0.2, 0) is 0 Å². The van der Waals surface area contributed by atoms with Crippen molar-refractivity contribution in [1.29, 1.82) is 5.26 Å². The van der Waals surface area contributed by atoms with Gasteiger partial charge in [0.1, 0.15) is 5.70 Å². The first-order valence-corrected chi connectivity index (χ1v) is 20.3. The summed E-state index contributed by atoms with van der Waals surface area (Å²) in [6.07, 6.45) is 22.2. The summed E-state index contributed by atoms with van der Waals surface area (Å²) < 4.78 is 2.19. The second-order valence-corrected chi connectivity index (χ2v) is 14.2. The predicted octanol–water partition coefficient (Wildman–Crippen LogP) is 14.9. The molecule has 0 N–H and O–H groups in total. The van der Waals surface area contributed by atoms with Gasteiger partial charge in [-0.2, -0.15) is 5.26 Å². The lowest BCUT2D eigenvalue weighted by atomic mass is 9.86. The molecule has 0 radical (unpaired) electrons. The Bertz CT molecular complexity index is 1840. The van der Waals surface area contributed by atoms with Crippen LogP contribution in [0.2, 0.25) is 0 Å². The smallest absolute Gasteiger partial charge is 0.109 e. The first-order valence-electron chi connectivity index (χ1n) is 20.3. The average Bonchev–Trinajstić information content (AvgIpc) is 3.43. The number of nitriles is 1. The zero-order chi connectivity index (χ0) is 42.7. The number of hydrogen-bond donors (Lipinski definition) is 0. The molecule has 0 aliphatic carbocycles. The fourth-order valence-electron chi connectivity index (χ4n) is 5.59. The molecule has 2 rings (SSSR count). The van der Waals surface area contributed by atoms with Crippen molar-refractivity contribution in [2.45, 2.75) is 141 Å². The van der Waals surface area contributed by atoms with E-state index >= 15 is 0 Å². The number of hydrogen-bond acceptors (Lipinski definition) is 4. The number of unbranched alkanes of at least 4 members (excludes halogenated alkanes) is 1. The Morgan fingerprint density at radius 3 is 1.95 bits per heavy atom. The molecule has 0 aliphatic heterocycles. The van der Waals surface area contributed by atoms with Gasteiger partial charge in [0, 0.05) is 39.8 Å². The molecule has 0 fully saturated rings. The summed E-state index contributed by atoms with van der Waals surface area (Å²) in [5.74, 6) is 0. The fraction of sp³-hybridized carbons (Fsp3) is 0.460. The van der Waals surface area contributed by atoms with Crippen LogP contribution in [0.1, 0.15) is 141 Å². The lowest BCUT2D eigenvalue weighted by Crippen LogP contribution is -2.31. The van der Waals surface area contributed by atoms with Crippen LogP contribution in [0.5, 0.6) is 0 Å². The number of benzene rings is 1. The summed E-state index contributed by atoms with van der Waals surface area (Å²) in [7, 11) is 1.96. The fourth-order valence-corrected chi connectivity index (χ4v) is 5.59. The van der Waals surface area contributed by atoms with Crippen molar-refractivity contribution in [2.75, 3.05) is 7.05 Å². The molecule has 1 aromatic heterocycles. The highest BCUT2D eigenvalue weighted by Gasteiger charge is 2.23. The molecule has 0 spiro atoms. The quantitative estimate of drug-likeness (QED) is 0.103. The first kappa shape index (κ1) is 52.4. The van der Waals surface area contributed by atoms with Gasteiger partial charge in [-0.1, -0.05) is 169 Å². The molecule has 5 nitrogen and oxygen atoms in total. The van der Waals surface area contributed by atoms with E-state index in [1.807, 2.05) is 64.8 Å². The number of fused-ring (bicyclic) bond motifs is 1. The molecule has 0 bridgehead atoms. The average molecular weight is 748 g/mol. The van der Waals surface area contributed by atoms with Gasteiger partial charge >= 0.3 is 0 Å². The van der Waals surface area contributed by atoms with E-state index < -0.39 is 0 Å². The van der Waals surface area contributed by atoms with Gasteiger partial charge in [0.05, 0.1) is 17.8 Å². The lowest BCUT2D eigenvalue weighted by Gasteiger charge is -2.23. The molecule has 0 saturated heterocycles. The SMILES string of the molecule is C=C/C=C\C(=C/C)C(C(/C=C\C)=C/C)n1c(=C)c2cccc(N=NC(/C(CCC(C)(C)C)=C(\C)C#N)=C(\CC)N(C)C=C)c2c1=C.CC.CCC.CCCC. The van der Waals surface area contributed by atoms with Gasteiger partial charge in [0.2, 0.25) is 0 Å². The number of nitrogens with zero attached hydrogens (tertiary/aromatic N) is 5. The number of azo groups is 1. The van der Waals surface area contributed by atoms with E-state index in [-0.39, 0.29) is 11.5 Å². The van der Waals surface area contributed by atoms with Crippen molar-refractivity contribution < 1.29 is 0 Å². The summed E-state index contributed by atoms with van der Waals surface area (Å²) in [6, 6.07) is 8.24. The zero-order valence-corrected chi connectivity index (χ0v) is 37.7. The Labute approximate surface area is 338 Å². The maximum absolute atomic E-state index is 10.0. The Balaban J connectivity index is 0. The molecule has 302 valence electrons. The van der Waals surface area contributed by atoms with E-state index in [0.717, 1.165) is 50.3 Å². The third kappa shape index (κ3) is 16.3. The highest BCUT2D eigenvalue weighted by Crippen LogP contribution is 2.34. The van der Waals surface area contributed by atoms with Crippen molar-refractivity contribution in [3.63, 3.8) is 0 Å². The maximum Gasteiger partial charge on any atom is 0.109 e. The Morgan fingerprint density at radius 2 is 1.51 bits per heavy atom. The molecular weight excluding hydrogens is 671 g/mol. The third-order valence-electron chi connectivity index (χ3n) is 8.66. The van der Waals surface area contributed by atoms with Crippen LogP contribution in [-0.4, -0.2) is 16.5 Å². The minimum Gasteiger partial charge on any atom is -0.353 e. The van der Waals surface area contributed by atoms with Crippen LogP contribution in [0, 0.1) is 16.7 Å². The summed E-state index contributed by atoms with van der Waals surface area (Å²) in [6.45, 7) is 46.3. The molecule has 0 amide bonds. The predicted molar refractivity (Wildman–Crippen MR) is 248 cm³/mol. The Morgan fingerprint density at radius 1 is 0.945 bits per heavy atom. The topological polar surface area (TPSA) is 56.7 Å². The molecule has 5 heteroatoms. The van der Waals surface area contributed by atoms with Crippen LogP contribution in [0.3, 0.4) is 0 Å². The van der Waals surface area contributed by atoms with Gasteiger partial charge in [0.15, 0.2) is 0 Å². The summed E-state index contributed by atoms with van der Waals surface area (Å²) in [4.78, 5) is 1.97. The van der Waals surface area contributed by atoms with Crippen LogP contribution in [0.25, 0.3) is 23.9 Å². The zero-order valence-electron chi connectivity index (χ0n) is 37.7. The van der Waals surface area contributed by atoms with Gasteiger partial charge < -0.3 is 9.47 Å². The van der Waals surface area contributed by atoms with E-state index in [1.165, 1.54) is 19.3 Å².